The average Bonchev–Trinajstić information content (AvgIpc) is 3.75. The van der Waals surface area contributed by atoms with Gasteiger partial charge >= 0.3 is 6.18 Å². The van der Waals surface area contributed by atoms with Gasteiger partial charge in [-0.05, 0) is 136 Å². The first kappa shape index (κ1) is 37.4. The van der Waals surface area contributed by atoms with Crippen molar-refractivity contribution in [2.75, 3.05) is 19.6 Å². The SMILES string of the molecule is CC12CCC(O)CC13C=CC1(C(C(=O)c4ccc(-c5cc(C(F)(F)F)ccc5Cl)o4)=C3)C2CCC2(C)C1CCC2(O)CN1CCC(Cc2ccccc2)CC1. The maximum atomic E-state index is 15.0. The largest absolute Gasteiger partial charge is 0.453 e. The number of likely N-dealkylation sites (tertiary alicyclic amines) is 1. The molecule has 55 heavy (non-hydrogen) atoms. The number of alkyl halides is 3. The molecule has 0 radical (unpaired) electrons. The van der Waals surface area contributed by atoms with Gasteiger partial charge in [-0.25, -0.2) is 0 Å². The molecule has 1 aromatic heterocycles. The summed E-state index contributed by atoms with van der Waals surface area (Å²) in [7, 11) is 0. The van der Waals surface area contributed by atoms with Gasteiger partial charge in [-0.3, -0.25) is 4.79 Å². The number of carbonyl (C=O) groups excluding carboxylic acids is 1. The van der Waals surface area contributed by atoms with E-state index in [1.807, 2.05) is 0 Å². The van der Waals surface area contributed by atoms with E-state index in [1.165, 1.54) is 17.7 Å². The lowest BCUT2D eigenvalue weighted by Crippen LogP contribution is -2.67. The highest BCUT2D eigenvalue weighted by Gasteiger charge is 2.74. The second kappa shape index (κ2) is 12.9. The van der Waals surface area contributed by atoms with Gasteiger partial charge in [-0.15, -0.1) is 0 Å². The molecule has 292 valence electrons. The van der Waals surface area contributed by atoms with E-state index in [0.717, 1.165) is 70.2 Å². The van der Waals surface area contributed by atoms with Gasteiger partial charge in [0, 0.05) is 33.9 Å². The van der Waals surface area contributed by atoms with Crippen LogP contribution in [-0.2, 0) is 12.6 Å². The number of carbonyl (C=O) groups is 1. The van der Waals surface area contributed by atoms with Crippen molar-refractivity contribution >= 4 is 17.4 Å². The van der Waals surface area contributed by atoms with Crippen LogP contribution in [0.15, 0.2) is 88.9 Å². The number of hydrogen-bond donors (Lipinski definition) is 2. The van der Waals surface area contributed by atoms with E-state index >= 15 is 4.79 Å². The van der Waals surface area contributed by atoms with Crippen LogP contribution in [0.2, 0.25) is 5.02 Å². The fourth-order valence-electron chi connectivity index (χ4n) is 12.9. The van der Waals surface area contributed by atoms with Crippen molar-refractivity contribution in [1.82, 2.24) is 4.90 Å². The highest BCUT2D eigenvalue weighted by Crippen LogP contribution is 2.78. The third kappa shape index (κ3) is 5.62. The van der Waals surface area contributed by atoms with Gasteiger partial charge in [0.05, 0.1) is 22.3 Å². The number of fused-ring (bicyclic) bond motifs is 1. The third-order valence-electron chi connectivity index (χ3n) is 15.9. The summed E-state index contributed by atoms with van der Waals surface area (Å²) in [6.07, 6.45) is 10.1. The van der Waals surface area contributed by atoms with Crippen LogP contribution < -0.4 is 0 Å². The standard InChI is InChI=1S/C46H51ClF3NO4/c1-41-17-12-32(52)26-43(41)20-21-45(34(27-43)40(53)37-11-10-36(55-37)33-25-31(46(48,49)50)8-9-35(33)47)38(41)13-18-42(2)39(45)14-19-44(42,54)28-51-22-15-30(16-23-51)24-29-6-4-3-5-7-29/h3-11,20-21,25,27,30,32,38-39,52,54H,12-19,22-24,26,28H2,1-2H3. The van der Waals surface area contributed by atoms with Crippen LogP contribution in [0.4, 0.5) is 13.2 Å². The van der Waals surface area contributed by atoms with E-state index in [0.29, 0.717) is 37.3 Å². The Balaban J connectivity index is 1.04. The zero-order valence-corrected chi connectivity index (χ0v) is 32.4. The first-order chi connectivity index (χ1) is 26.1. The number of ketones is 1. The lowest BCUT2D eigenvalue weighted by Gasteiger charge is -2.71. The Bertz CT molecular complexity index is 2050. The Morgan fingerprint density at radius 1 is 0.909 bits per heavy atom. The van der Waals surface area contributed by atoms with Gasteiger partial charge in [-0.1, -0.05) is 74.0 Å². The molecule has 1 aliphatic heterocycles. The van der Waals surface area contributed by atoms with E-state index in [4.69, 9.17) is 16.0 Å². The lowest BCUT2D eigenvalue weighted by atomic mass is 9.32. The topological polar surface area (TPSA) is 73.9 Å². The van der Waals surface area contributed by atoms with E-state index in [2.05, 4.69) is 67.3 Å². The van der Waals surface area contributed by atoms with Gasteiger partial charge < -0.3 is 19.5 Å². The molecule has 8 atom stereocenters. The minimum absolute atomic E-state index is 0.0138. The Kier molecular flexibility index (Phi) is 8.79. The summed E-state index contributed by atoms with van der Waals surface area (Å²) in [5, 5.41) is 24.1. The summed E-state index contributed by atoms with van der Waals surface area (Å²) in [5.74, 6) is 0.591. The molecule has 0 amide bonds. The van der Waals surface area contributed by atoms with Crippen molar-refractivity contribution in [2.24, 2.45) is 39.4 Å². The van der Waals surface area contributed by atoms with Crippen molar-refractivity contribution in [2.45, 2.75) is 95.9 Å². The third-order valence-corrected chi connectivity index (χ3v) is 16.2. The fraction of sp³-hybridized carbons (Fsp3) is 0.543. The highest BCUT2D eigenvalue weighted by atomic mass is 35.5. The predicted octanol–water partition coefficient (Wildman–Crippen LogP) is 10.3. The number of β-amino-alcohol motifs (C(OH)–C–C–N with tert-alkyl or cyclic N) is 1. The number of halogens is 4. The zero-order chi connectivity index (χ0) is 38.6. The van der Waals surface area contributed by atoms with Crippen LogP contribution in [0.5, 0.6) is 0 Å². The number of benzene rings is 2. The van der Waals surface area contributed by atoms with Crippen molar-refractivity contribution in [1.29, 1.82) is 0 Å². The Hall–Kier alpha value is -3.17. The summed E-state index contributed by atoms with van der Waals surface area (Å²) < 4.78 is 47.1. The number of rotatable bonds is 7. The maximum absolute atomic E-state index is 15.0. The summed E-state index contributed by atoms with van der Waals surface area (Å²) in [6.45, 7) is 7.14. The van der Waals surface area contributed by atoms with Crippen LogP contribution in [0.1, 0.15) is 93.3 Å². The van der Waals surface area contributed by atoms with E-state index in [1.54, 1.807) is 6.07 Å². The molecule has 2 aromatic carbocycles. The second-order valence-electron chi connectivity index (χ2n) is 18.4. The van der Waals surface area contributed by atoms with E-state index < -0.39 is 39.7 Å². The van der Waals surface area contributed by atoms with Gasteiger partial charge in [-0.2, -0.15) is 13.2 Å². The number of aliphatic hydroxyl groups excluding tert-OH is 1. The first-order valence-corrected chi connectivity index (χ1v) is 20.6. The van der Waals surface area contributed by atoms with Crippen molar-refractivity contribution in [3.05, 3.63) is 106 Å². The van der Waals surface area contributed by atoms with Gasteiger partial charge in [0.15, 0.2) is 5.76 Å². The molecule has 5 nitrogen and oxygen atoms in total. The number of piperidine rings is 1. The minimum atomic E-state index is -4.57. The molecule has 3 aromatic rings. The smallest absolute Gasteiger partial charge is 0.416 e. The molecule has 6 aliphatic carbocycles. The summed E-state index contributed by atoms with van der Waals surface area (Å²) in [5.41, 5.74) is -1.53. The fourth-order valence-corrected chi connectivity index (χ4v) is 13.1. The molecule has 2 spiro atoms. The molecule has 8 unspecified atom stereocenters. The molecule has 2 heterocycles. The van der Waals surface area contributed by atoms with Gasteiger partial charge in [0.1, 0.15) is 5.76 Å². The highest BCUT2D eigenvalue weighted by molar-refractivity contribution is 6.33. The maximum Gasteiger partial charge on any atom is 0.416 e. The van der Waals surface area contributed by atoms with Crippen molar-refractivity contribution in [3.63, 3.8) is 0 Å². The summed E-state index contributed by atoms with van der Waals surface area (Å²) in [6, 6.07) is 16.9. The van der Waals surface area contributed by atoms with E-state index in [9.17, 15) is 23.4 Å². The molecule has 3 saturated carbocycles. The molecule has 9 heteroatoms. The number of aliphatic hydroxyl groups is 2. The van der Waals surface area contributed by atoms with Crippen molar-refractivity contribution in [3.8, 4) is 11.3 Å². The zero-order valence-electron chi connectivity index (χ0n) is 31.7. The van der Waals surface area contributed by atoms with Crippen LogP contribution in [-0.4, -0.2) is 52.2 Å². The summed E-state index contributed by atoms with van der Waals surface area (Å²) in [4.78, 5) is 17.5. The molecule has 2 N–H and O–H groups in total. The number of Topliss-reactive ketones (excluding diaryl/α,β-unsaturated/α-hetero) is 1. The molecular formula is C46H51ClF3NO4. The van der Waals surface area contributed by atoms with Gasteiger partial charge in [0.2, 0.25) is 5.78 Å². The number of furan rings is 1. The lowest BCUT2D eigenvalue weighted by molar-refractivity contribution is -0.177. The minimum Gasteiger partial charge on any atom is -0.453 e. The number of hydrogen-bond acceptors (Lipinski definition) is 5. The number of allylic oxidation sites excluding steroid dienone is 4. The quantitative estimate of drug-likeness (QED) is 0.185. The molecule has 4 fully saturated rings. The van der Waals surface area contributed by atoms with Crippen LogP contribution in [0.25, 0.3) is 11.3 Å². The van der Waals surface area contributed by atoms with Crippen LogP contribution >= 0.6 is 11.6 Å². The Labute approximate surface area is 326 Å². The monoisotopic (exact) mass is 773 g/mol. The molecule has 1 saturated heterocycles. The molecular weight excluding hydrogens is 723 g/mol. The second-order valence-corrected chi connectivity index (χ2v) is 18.8. The first-order valence-electron chi connectivity index (χ1n) is 20.2. The molecule has 10 rings (SSSR count). The Morgan fingerprint density at radius 2 is 1.62 bits per heavy atom. The van der Waals surface area contributed by atoms with Crippen LogP contribution in [0.3, 0.4) is 0 Å². The van der Waals surface area contributed by atoms with Crippen molar-refractivity contribution < 1.29 is 32.6 Å². The van der Waals surface area contributed by atoms with Crippen LogP contribution in [0, 0.1) is 39.4 Å². The normalized spacial score (nSPS) is 37.3. The summed E-state index contributed by atoms with van der Waals surface area (Å²) >= 11 is 6.39. The van der Waals surface area contributed by atoms with Gasteiger partial charge in [0.25, 0.3) is 0 Å². The Morgan fingerprint density at radius 3 is 2.36 bits per heavy atom. The predicted molar refractivity (Wildman–Crippen MR) is 206 cm³/mol. The van der Waals surface area contributed by atoms with E-state index in [-0.39, 0.29) is 45.1 Å². The number of nitrogens with zero attached hydrogens (tertiary/aromatic N) is 1. The molecule has 2 bridgehead atoms. The average molecular weight is 774 g/mol. The molecule has 7 aliphatic rings.